The van der Waals surface area contributed by atoms with Crippen LogP contribution >= 0.6 is 0 Å². The summed E-state index contributed by atoms with van der Waals surface area (Å²) in [5, 5.41) is 9.96. The highest BCUT2D eigenvalue weighted by Gasteiger charge is 2.28. The maximum atomic E-state index is 9.96. The number of rotatable bonds is 3. The Morgan fingerprint density at radius 2 is 1.84 bits per heavy atom. The van der Waals surface area contributed by atoms with Gasteiger partial charge in [0.15, 0.2) is 0 Å². The number of aliphatic hydroxyl groups is 1. The van der Waals surface area contributed by atoms with Gasteiger partial charge in [0, 0.05) is 0 Å². The van der Waals surface area contributed by atoms with E-state index < -0.39 is 0 Å². The van der Waals surface area contributed by atoms with Gasteiger partial charge in [0.05, 0.1) is 12.2 Å². The number of hydrogen-bond acceptors (Lipinski definition) is 2. The summed E-state index contributed by atoms with van der Waals surface area (Å²) in [5.74, 6) is 0.961. The van der Waals surface area contributed by atoms with Crippen LogP contribution in [0.1, 0.15) is 45.1 Å². The molecular weight excluding hydrogens is 236 g/mol. The lowest BCUT2D eigenvalue weighted by Gasteiger charge is -2.32. The molecule has 0 amide bonds. The van der Waals surface area contributed by atoms with Gasteiger partial charge in [0.2, 0.25) is 0 Å². The molecule has 1 saturated carbocycles. The first-order chi connectivity index (χ1) is 9.02. The van der Waals surface area contributed by atoms with E-state index in [1.807, 2.05) is 18.2 Å². The van der Waals surface area contributed by atoms with Gasteiger partial charge in [0.1, 0.15) is 5.75 Å². The molecule has 0 spiro atoms. The number of allylic oxidation sites excluding steroid dienone is 1. The van der Waals surface area contributed by atoms with E-state index in [2.05, 4.69) is 26.0 Å². The smallest absolute Gasteiger partial charge is 0.119 e. The Labute approximate surface area is 115 Å². The van der Waals surface area contributed by atoms with Gasteiger partial charge in [-0.15, -0.1) is 0 Å². The monoisotopic (exact) mass is 258 g/mol. The third-order valence-corrected chi connectivity index (χ3v) is 3.88. The van der Waals surface area contributed by atoms with E-state index in [9.17, 15) is 5.11 Å². The highest BCUT2D eigenvalue weighted by Crippen LogP contribution is 2.39. The molecule has 1 aromatic rings. The second-order valence-electron chi connectivity index (χ2n) is 6.65. The van der Waals surface area contributed by atoms with Crippen molar-refractivity contribution in [1.29, 1.82) is 0 Å². The Bertz CT molecular complexity index is 480. The van der Waals surface area contributed by atoms with Crippen LogP contribution in [-0.2, 0) is 0 Å². The molecule has 1 N–H and O–H groups in total. The third kappa shape index (κ3) is 3.19. The molecule has 1 fully saturated rings. The molecule has 0 radical (unpaired) electrons. The van der Waals surface area contributed by atoms with Crippen LogP contribution in [0, 0.1) is 5.41 Å². The van der Waals surface area contributed by atoms with Crippen LogP contribution in [0.15, 0.2) is 30.3 Å². The molecule has 0 aromatic heterocycles. The summed E-state index contributed by atoms with van der Waals surface area (Å²) < 4.78 is 5.76. The van der Waals surface area contributed by atoms with Crippen molar-refractivity contribution in [3.63, 3.8) is 0 Å². The fourth-order valence-corrected chi connectivity index (χ4v) is 2.83. The van der Waals surface area contributed by atoms with Crippen LogP contribution in [0.3, 0.4) is 0 Å². The van der Waals surface area contributed by atoms with E-state index in [1.165, 1.54) is 24.0 Å². The zero-order chi connectivity index (χ0) is 13.5. The van der Waals surface area contributed by atoms with Crippen LogP contribution in [0.4, 0.5) is 0 Å². The van der Waals surface area contributed by atoms with Gasteiger partial charge in [-0.3, -0.25) is 0 Å². The minimum Gasteiger partial charge on any atom is -0.490 e. The molecule has 1 unspecified atom stereocenters. The third-order valence-electron chi connectivity index (χ3n) is 3.88. The standard InChI is InChI=1S/C17H22O2/c1-17(2)10-13(9-14(18)11-17)12-3-5-15(6-4-12)19-16-7-8-16/h3-6,9,14,16,18H,7-8,10-11H2,1-2H3. The van der Waals surface area contributed by atoms with Crippen LogP contribution in [0.25, 0.3) is 5.57 Å². The summed E-state index contributed by atoms with van der Waals surface area (Å²) >= 11 is 0. The molecule has 1 aromatic carbocycles. The predicted octanol–water partition coefficient (Wildman–Crippen LogP) is 3.79. The summed E-state index contributed by atoms with van der Waals surface area (Å²) in [6.07, 6.45) is 6.37. The summed E-state index contributed by atoms with van der Waals surface area (Å²) in [6.45, 7) is 4.43. The minimum absolute atomic E-state index is 0.173. The lowest BCUT2D eigenvalue weighted by atomic mass is 9.74. The molecule has 3 rings (SSSR count). The largest absolute Gasteiger partial charge is 0.490 e. The maximum absolute atomic E-state index is 9.96. The number of hydrogen-bond donors (Lipinski definition) is 1. The molecule has 0 aliphatic heterocycles. The van der Waals surface area contributed by atoms with Gasteiger partial charge in [-0.25, -0.2) is 0 Å². The van der Waals surface area contributed by atoms with E-state index in [0.717, 1.165) is 18.6 Å². The molecule has 102 valence electrons. The fraction of sp³-hybridized carbons (Fsp3) is 0.529. The quantitative estimate of drug-likeness (QED) is 0.893. The molecule has 0 saturated heterocycles. The molecule has 0 heterocycles. The number of ether oxygens (including phenoxy) is 1. The van der Waals surface area contributed by atoms with Crippen molar-refractivity contribution in [2.75, 3.05) is 0 Å². The van der Waals surface area contributed by atoms with Crippen molar-refractivity contribution in [2.45, 2.75) is 51.7 Å². The second-order valence-corrected chi connectivity index (χ2v) is 6.65. The molecule has 2 aliphatic carbocycles. The van der Waals surface area contributed by atoms with Crippen molar-refractivity contribution < 1.29 is 9.84 Å². The number of benzene rings is 1. The fourth-order valence-electron chi connectivity index (χ4n) is 2.83. The van der Waals surface area contributed by atoms with E-state index in [1.54, 1.807) is 0 Å². The van der Waals surface area contributed by atoms with Crippen molar-refractivity contribution in [3.05, 3.63) is 35.9 Å². The summed E-state index contributed by atoms with van der Waals surface area (Å²) in [7, 11) is 0. The molecular formula is C17H22O2. The minimum atomic E-state index is -0.318. The Morgan fingerprint density at radius 3 is 2.42 bits per heavy atom. The average molecular weight is 258 g/mol. The van der Waals surface area contributed by atoms with Crippen molar-refractivity contribution >= 4 is 5.57 Å². The molecule has 2 aliphatic rings. The molecule has 2 heteroatoms. The maximum Gasteiger partial charge on any atom is 0.119 e. The highest BCUT2D eigenvalue weighted by atomic mass is 16.5. The van der Waals surface area contributed by atoms with Gasteiger partial charge in [-0.2, -0.15) is 0 Å². The average Bonchev–Trinajstić information content (AvgIpc) is 3.11. The van der Waals surface area contributed by atoms with Gasteiger partial charge >= 0.3 is 0 Å². The predicted molar refractivity (Wildman–Crippen MR) is 77.1 cm³/mol. The van der Waals surface area contributed by atoms with E-state index >= 15 is 0 Å². The van der Waals surface area contributed by atoms with Crippen molar-refractivity contribution in [3.8, 4) is 5.75 Å². The first kappa shape index (κ1) is 12.7. The highest BCUT2D eigenvalue weighted by molar-refractivity contribution is 5.68. The topological polar surface area (TPSA) is 29.5 Å². The van der Waals surface area contributed by atoms with Gasteiger partial charge < -0.3 is 9.84 Å². The van der Waals surface area contributed by atoms with Gasteiger partial charge in [0.25, 0.3) is 0 Å². The molecule has 0 bridgehead atoms. The Balaban J connectivity index is 1.77. The summed E-state index contributed by atoms with van der Waals surface area (Å²) in [4.78, 5) is 0. The second kappa shape index (κ2) is 4.68. The number of aliphatic hydroxyl groups excluding tert-OH is 1. The van der Waals surface area contributed by atoms with Crippen molar-refractivity contribution in [2.24, 2.45) is 5.41 Å². The van der Waals surface area contributed by atoms with Crippen LogP contribution in [0.5, 0.6) is 5.75 Å². The van der Waals surface area contributed by atoms with Gasteiger partial charge in [-0.05, 0) is 54.4 Å². The van der Waals surface area contributed by atoms with Crippen LogP contribution in [0.2, 0.25) is 0 Å². The summed E-state index contributed by atoms with van der Waals surface area (Å²) in [5.41, 5.74) is 2.63. The van der Waals surface area contributed by atoms with E-state index in [4.69, 9.17) is 4.74 Å². The van der Waals surface area contributed by atoms with Gasteiger partial charge in [-0.1, -0.05) is 32.1 Å². The lowest BCUT2D eigenvalue weighted by Crippen LogP contribution is -2.24. The SMILES string of the molecule is CC1(C)CC(c2ccc(OC3CC3)cc2)=CC(O)C1. The Hall–Kier alpha value is -1.28. The first-order valence-electron chi connectivity index (χ1n) is 7.18. The first-order valence-corrected chi connectivity index (χ1v) is 7.18. The van der Waals surface area contributed by atoms with E-state index in [-0.39, 0.29) is 11.5 Å². The zero-order valence-electron chi connectivity index (χ0n) is 11.7. The van der Waals surface area contributed by atoms with Crippen LogP contribution < -0.4 is 4.74 Å². The zero-order valence-corrected chi connectivity index (χ0v) is 11.7. The molecule has 19 heavy (non-hydrogen) atoms. The molecule has 2 nitrogen and oxygen atoms in total. The van der Waals surface area contributed by atoms with Crippen molar-refractivity contribution in [1.82, 2.24) is 0 Å². The molecule has 1 atom stereocenters. The Morgan fingerprint density at radius 1 is 1.16 bits per heavy atom. The van der Waals surface area contributed by atoms with E-state index in [0.29, 0.717) is 6.10 Å². The Kier molecular flexibility index (Phi) is 3.14. The summed E-state index contributed by atoms with van der Waals surface area (Å²) in [6, 6.07) is 8.31. The lowest BCUT2D eigenvalue weighted by molar-refractivity contribution is 0.146. The van der Waals surface area contributed by atoms with Crippen LogP contribution in [-0.4, -0.2) is 17.3 Å². The normalized spacial score (nSPS) is 25.8.